The molecule has 8 aromatic carbocycles. The van der Waals surface area contributed by atoms with Crippen molar-refractivity contribution in [3.8, 4) is 11.1 Å². The lowest BCUT2D eigenvalue weighted by Crippen LogP contribution is -1.99. The molecular weight excluding hydrogens is 663 g/mol. The summed E-state index contributed by atoms with van der Waals surface area (Å²) in [6.45, 7) is 0. The Labute approximate surface area is 310 Å². The molecule has 0 spiro atoms. The first-order valence-electron chi connectivity index (χ1n) is 18.1. The maximum Gasteiger partial charge on any atom is 0.143 e. The van der Waals surface area contributed by atoms with Gasteiger partial charge in [-0.25, -0.2) is 4.99 Å². The highest BCUT2D eigenvalue weighted by atomic mass is 32.1. The number of furan rings is 1. The second-order valence-electron chi connectivity index (χ2n) is 13.8. The Morgan fingerprint density at radius 1 is 0.491 bits per heavy atom. The van der Waals surface area contributed by atoms with Gasteiger partial charge in [-0.15, -0.1) is 11.3 Å². The van der Waals surface area contributed by atoms with E-state index in [0.29, 0.717) is 0 Å². The second kappa shape index (κ2) is 12.0. The Morgan fingerprint density at radius 2 is 1.13 bits per heavy atom. The van der Waals surface area contributed by atoms with Crippen molar-refractivity contribution >= 4 is 92.0 Å². The first-order valence-corrected chi connectivity index (χ1v) is 18.9. The quantitative estimate of drug-likeness (QED) is 0.180. The van der Waals surface area contributed by atoms with Crippen LogP contribution < -0.4 is 0 Å². The van der Waals surface area contributed by atoms with E-state index in [-0.39, 0.29) is 0 Å². The summed E-state index contributed by atoms with van der Waals surface area (Å²) in [7, 11) is 0. The molecule has 0 amide bonds. The van der Waals surface area contributed by atoms with Crippen molar-refractivity contribution in [1.82, 2.24) is 0 Å². The third kappa shape index (κ3) is 4.97. The van der Waals surface area contributed by atoms with Crippen molar-refractivity contribution in [3.05, 3.63) is 193 Å². The smallest absolute Gasteiger partial charge is 0.143 e. The molecule has 0 fully saturated rings. The highest BCUT2D eigenvalue weighted by Crippen LogP contribution is 2.42. The molecule has 1 aliphatic heterocycles. The topological polar surface area (TPSA) is 25.5 Å². The van der Waals surface area contributed by atoms with E-state index >= 15 is 0 Å². The van der Waals surface area contributed by atoms with Gasteiger partial charge in [0, 0.05) is 47.6 Å². The van der Waals surface area contributed by atoms with Gasteiger partial charge in [0.25, 0.3) is 0 Å². The predicted molar refractivity (Wildman–Crippen MR) is 227 cm³/mol. The van der Waals surface area contributed by atoms with Crippen LogP contribution in [0.15, 0.2) is 185 Å². The zero-order valence-corrected chi connectivity index (χ0v) is 29.5. The summed E-state index contributed by atoms with van der Waals surface area (Å²) in [6.07, 6.45) is 5.38. The van der Waals surface area contributed by atoms with Gasteiger partial charge >= 0.3 is 0 Å². The number of rotatable bonds is 4. The molecule has 10 aromatic rings. The molecular formula is C50H31NOS. The second-order valence-corrected chi connectivity index (χ2v) is 14.9. The van der Waals surface area contributed by atoms with Crippen LogP contribution in [0.2, 0.25) is 0 Å². The molecule has 0 aliphatic carbocycles. The van der Waals surface area contributed by atoms with Crippen molar-refractivity contribution < 1.29 is 4.42 Å². The lowest BCUT2D eigenvalue weighted by Gasteiger charge is -2.09. The van der Waals surface area contributed by atoms with E-state index in [4.69, 9.17) is 9.41 Å². The monoisotopic (exact) mass is 693 g/mol. The van der Waals surface area contributed by atoms with E-state index in [9.17, 15) is 0 Å². The van der Waals surface area contributed by atoms with Gasteiger partial charge in [-0.2, -0.15) is 0 Å². The summed E-state index contributed by atoms with van der Waals surface area (Å²) in [4.78, 5) is 5.61. The minimum atomic E-state index is 0.757. The summed E-state index contributed by atoms with van der Waals surface area (Å²) in [5.74, 6) is 0. The summed E-state index contributed by atoms with van der Waals surface area (Å²) >= 11 is 1.84. The lowest BCUT2D eigenvalue weighted by atomic mass is 9.94. The van der Waals surface area contributed by atoms with Gasteiger partial charge in [0.05, 0.1) is 11.4 Å². The first-order chi connectivity index (χ1) is 26.2. The normalized spacial score (nSPS) is 13.5. The van der Waals surface area contributed by atoms with Crippen molar-refractivity contribution in [2.45, 2.75) is 6.42 Å². The average Bonchev–Trinajstić information content (AvgIpc) is 3.71. The molecule has 2 aromatic heterocycles. The van der Waals surface area contributed by atoms with Gasteiger partial charge in [0.1, 0.15) is 11.2 Å². The molecule has 0 saturated carbocycles. The van der Waals surface area contributed by atoms with Crippen LogP contribution >= 0.6 is 11.3 Å². The predicted octanol–water partition coefficient (Wildman–Crippen LogP) is 14.2. The van der Waals surface area contributed by atoms with E-state index < -0.39 is 0 Å². The minimum absolute atomic E-state index is 0.757. The van der Waals surface area contributed by atoms with Crippen LogP contribution in [0.5, 0.6) is 0 Å². The Balaban J connectivity index is 1.14. The van der Waals surface area contributed by atoms with Crippen molar-refractivity contribution in [2.75, 3.05) is 0 Å². The molecule has 0 saturated heterocycles. The van der Waals surface area contributed by atoms with Gasteiger partial charge < -0.3 is 4.42 Å². The van der Waals surface area contributed by atoms with Crippen molar-refractivity contribution in [2.24, 2.45) is 4.99 Å². The maximum absolute atomic E-state index is 6.79. The molecule has 1 aliphatic rings. The number of benzene rings is 8. The number of nitrogens with zero attached hydrogens (tertiary/aromatic N) is 1. The largest absolute Gasteiger partial charge is 0.455 e. The standard InChI is InChI=1S/C50H31NOS/c1-3-12-33-28-35(24-22-31(33)10-1)36-26-27-43(39-17-9-21-47-49(39)41-14-5-6-20-46(41)53-47)51-44(30-36)40-16-8-19-45-48(40)42-18-7-15-38(50(42)52-45)37-25-23-32-11-2-4-13-34(32)29-37/h1-25,27-30H,26H2. The molecule has 3 heterocycles. The molecule has 0 N–H and O–H groups in total. The average molecular weight is 694 g/mol. The number of thiophene rings is 1. The Kier molecular flexibility index (Phi) is 6.83. The Morgan fingerprint density at radius 3 is 1.98 bits per heavy atom. The lowest BCUT2D eigenvalue weighted by molar-refractivity contribution is 0.670. The number of para-hydroxylation sites is 1. The number of aliphatic imine (C=N–C) groups is 1. The van der Waals surface area contributed by atoms with E-state index in [1.807, 2.05) is 11.3 Å². The number of hydrogen-bond acceptors (Lipinski definition) is 3. The van der Waals surface area contributed by atoms with Crippen LogP contribution in [0.25, 0.3) is 86.1 Å². The van der Waals surface area contributed by atoms with Gasteiger partial charge in [-0.1, -0.05) is 140 Å². The molecule has 3 heteroatoms. The zero-order chi connectivity index (χ0) is 34.9. The maximum atomic E-state index is 6.79. The van der Waals surface area contributed by atoms with Gasteiger partial charge in [-0.3, -0.25) is 0 Å². The minimum Gasteiger partial charge on any atom is -0.455 e. The van der Waals surface area contributed by atoms with Crippen LogP contribution in [-0.4, -0.2) is 5.71 Å². The van der Waals surface area contributed by atoms with Crippen molar-refractivity contribution in [3.63, 3.8) is 0 Å². The van der Waals surface area contributed by atoms with E-state index in [0.717, 1.165) is 62.0 Å². The molecule has 0 unspecified atom stereocenters. The fraction of sp³-hybridized carbons (Fsp3) is 0.0200. The van der Waals surface area contributed by atoms with E-state index in [2.05, 4.69) is 176 Å². The summed E-state index contributed by atoms with van der Waals surface area (Å²) in [5.41, 5.74) is 10.5. The molecule has 248 valence electrons. The van der Waals surface area contributed by atoms with Crippen LogP contribution in [0, 0.1) is 0 Å². The number of fused-ring (bicyclic) bond motifs is 8. The Hall–Kier alpha value is -6.55. The highest BCUT2D eigenvalue weighted by molar-refractivity contribution is 7.25. The summed E-state index contributed by atoms with van der Waals surface area (Å²) < 4.78 is 9.36. The SMILES string of the molecule is C1=C(c2ccc3ccccc3c2)CC=C(c2cccc3sc4ccccc4c23)N=C1c1cccc2oc3c(-c4ccc5ccccc5c4)cccc3c12. The van der Waals surface area contributed by atoms with Crippen molar-refractivity contribution in [1.29, 1.82) is 0 Å². The number of allylic oxidation sites excluding steroid dienone is 3. The third-order valence-corrected chi connectivity index (χ3v) is 11.9. The van der Waals surface area contributed by atoms with E-state index in [1.165, 1.54) is 52.9 Å². The first kappa shape index (κ1) is 30.1. The number of hydrogen-bond donors (Lipinski definition) is 0. The summed E-state index contributed by atoms with van der Waals surface area (Å²) in [6, 6.07) is 58.8. The molecule has 2 nitrogen and oxygen atoms in total. The van der Waals surface area contributed by atoms with Gasteiger partial charge in [-0.05, 0) is 81.1 Å². The molecule has 53 heavy (non-hydrogen) atoms. The van der Waals surface area contributed by atoms with Crippen LogP contribution in [-0.2, 0) is 0 Å². The van der Waals surface area contributed by atoms with E-state index in [1.54, 1.807) is 0 Å². The summed E-state index contributed by atoms with van der Waals surface area (Å²) in [5, 5.41) is 9.63. The molecule has 0 atom stereocenters. The zero-order valence-electron chi connectivity index (χ0n) is 28.7. The van der Waals surface area contributed by atoms with Crippen LogP contribution in [0.4, 0.5) is 0 Å². The highest BCUT2D eigenvalue weighted by Gasteiger charge is 2.21. The molecule has 0 bridgehead atoms. The third-order valence-electron chi connectivity index (χ3n) is 10.7. The fourth-order valence-corrected chi connectivity index (χ4v) is 9.30. The van der Waals surface area contributed by atoms with Crippen LogP contribution in [0.1, 0.15) is 23.1 Å². The Bertz CT molecular complexity index is 3210. The molecule has 11 rings (SSSR count). The molecule has 0 radical (unpaired) electrons. The fourth-order valence-electron chi connectivity index (χ4n) is 8.17. The van der Waals surface area contributed by atoms with Gasteiger partial charge in [0.15, 0.2) is 0 Å². The van der Waals surface area contributed by atoms with Crippen LogP contribution in [0.3, 0.4) is 0 Å². The van der Waals surface area contributed by atoms with Gasteiger partial charge in [0.2, 0.25) is 0 Å².